The van der Waals surface area contributed by atoms with Crippen LogP contribution in [0, 0.1) is 5.82 Å². The summed E-state index contributed by atoms with van der Waals surface area (Å²) in [6, 6.07) is 22.3. The van der Waals surface area contributed by atoms with Crippen LogP contribution in [0.4, 0.5) is 4.39 Å². The Morgan fingerprint density at radius 2 is 1.79 bits per heavy atom. The van der Waals surface area contributed by atoms with Crippen molar-refractivity contribution in [2.45, 2.75) is 0 Å². The second kappa shape index (κ2) is 10.7. The van der Waals surface area contributed by atoms with Gasteiger partial charge in [-0.3, -0.25) is 9.59 Å². The molecular weight excluding hydrogens is 501 g/mol. The van der Waals surface area contributed by atoms with Crippen LogP contribution < -0.4 is 10.7 Å². The van der Waals surface area contributed by atoms with Crippen LogP contribution in [0.2, 0.25) is 0 Å². The zero-order valence-electron chi connectivity index (χ0n) is 17.8. The Bertz CT molecular complexity index is 1340. The monoisotopic (exact) mass is 519 g/mol. The van der Waals surface area contributed by atoms with Gasteiger partial charge in [-0.25, -0.2) is 14.5 Å². The summed E-state index contributed by atoms with van der Waals surface area (Å²) in [7, 11) is 0. The van der Waals surface area contributed by atoms with Crippen molar-refractivity contribution in [3.63, 3.8) is 0 Å². The van der Waals surface area contributed by atoms with E-state index in [1.165, 1.54) is 18.3 Å². The molecule has 2 N–H and O–H groups in total. The van der Waals surface area contributed by atoms with Gasteiger partial charge in [-0.05, 0) is 54.6 Å². The predicted molar refractivity (Wildman–Crippen MR) is 131 cm³/mol. The van der Waals surface area contributed by atoms with Crippen LogP contribution in [0.5, 0.6) is 0 Å². The number of carbonyl (C=O) groups excluding carboxylic acids is 2. The molecule has 170 valence electrons. The van der Waals surface area contributed by atoms with Gasteiger partial charge in [0.25, 0.3) is 11.8 Å². The Kier molecular flexibility index (Phi) is 7.24. The van der Waals surface area contributed by atoms with Gasteiger partial charge in [0.05, 0.1) is 18.4 Å². The van der Waals surface area contributed by atoms with Crippen molar-refractivity contribution in [1.82, 2.24) is 20.5 Å². The fourth-order valence-electron chi connectivity index (χ4n) is 3.13. The standard InChI is InChI=1S/C25H19BrFN5O2/c26-20-6-4-5-18(13-20)25(34)28-15-23(33)30-29-14-19-16-32(22-7-2-1-3-8-22)31-24(19)17-9-11-21(27)12-10-17/h1-14,16H,15H2,(H,28,34)(H,30,33)/b29-14-. The van der Waals surface area contributed by atoms with Crippen molar-refractivity contribution < 1.29 is 14.0 Å². The lowest BCUT2D eigenvalue weighted by molar-refractivity contribution is -0.120. The summed E-state index contributed by atoms with van der Waals surface area (Å²) in [4.78, 5) is 24.3. The van der Waals surface area contributed by atoms with E-state index >= 15 is 0 Å². The largest absolute Gasteiger partial charge is 0.343 e. The van der Waals surface area contributed by atoms with E-state index in [-0.39, 0.29) is 18.3 Å². The highest BCUT2D eigenvalue weighted by atomic mass is 79.9. The van der Waals surface area contributed by atoms with Crippen molar-refractivity contribution in [2.24, 2.45) is 5.10 Å². The quantitative estimate of drug-likeness (QED) is 0.281. The minimum absolute atomic E-state index is 0.239. The van der Waals surface area contributed by atoms with Crippen molar-refractivity contribution in [2.75, 3.05) is 6.54 Å². The van der Waals surface area contributed by atoms with E-state index in [9.17, 15) is 14.0 Å². The Hall–Kier alpha value is -4.11. The first-order valence-electron chi connectivity index (χ1n) is 10.3. The van der Waals surface area contributed by atoms with E-state index in [0.717, 1.165) is 10.2 Å². The first kappa shape index (κ1) is 23.1. The molecule has 0 radical (unpaired) electrons. The molecule has 0 aliphatic heterocycles. The van der Waals surface area contributed by atoms with E-state index in [1.54, 1.807) is 47.3 Å². The number of rotatable bonds is 7. The summed E-state index contributed by atoms with van der Waals surface area (Å²) in [5.41, 5.74) is 5.56. The van der Waals surface area contributed by atoms with E-state index in [2.05, 4.69) is 36.9 Å². The fraction of sp³-hybridized carbons (Fsp3) is 0.0400. The van der Waals surface area contributed by atoms with Gasteiger partial charge in [0.2, 0.25) is 0 Å². The van der Waals surface area contributed by atoms with E-state index in [0.29, 0.717) is 22.4 Å². The van der Waals surface area contributed by atoms with Crippen LogP contribution in [0.1, 0.15) is 15.9 Å². The number of nitrogens with one attached hydrogen (secondary N) is 2. The molecule has 0 spiro atoms. The average Bonchev–Trinajstić information content (AvgIpc) is 3.27. The molecule has 2 amide bonds. The highest BCUT2D eigenvalue weighted by Crippen LogP contribution is 2.23. The minimum atomic E-state index is -0.488. The Labute approximate surface area is 203 Å². The number of carbonyl (C=O) groups is 2. The number of hydrogen-bond donors (Lipinski definition) is 2. The third-order valence-corrected chi connectivity index (χ3v) is 5.26. The van der Waals surface area contributed by atoms with Crippen LogP contribution in [-0.2, 0) is 4.79 Å². The predicted octanol–water partition coefficient (Wildman–Crippen LogP) is 4.32. The maximum absolute atomic E-state index is 13.4. The molecule has 3 aromatic carbocycles. The number of amides is 2. The molecule has 1 heterocycles. The third kappa shape index (κ3) is 5.81. The molecule has 9 heteroatoms. The molecule has 0 aliphatic carbocycles. The van der Waals surface area contributed by atoms with Crippen LogP contribution in [0.3, 0.4) is 0 Å². The van der Waals surface area contributed by atoms with Crippen molar-refractivity contribution in [3.05, 3.63) is 106 Å². The average molecular weight is 520 g/mol. The molecule has 0 bridgehead atoms. The lowest BCUT2D eigenvalue weighted by Crippen LogP contribution is -2.34. The van der Waals surface area contributed by atoms with Crippen molar-refractivity contribution >= 4 is 34.0 Å². The van der Waals surface area contributed by atoms with Crippen LogP contribution in [0.15, 0.2) is 94.6 Å². The van der Waals surface area contributed by atoms with Gasteiger partial charge in [0.15, 0.2) is 0 Å². The van der Waals surface area contributed by atoms with E-state index in [4.69, 9.17) is 0 Å². The zero-order valence-corrected chi connectivity index (χ0v) is 19.4. The molecular formula is C25H19BrFN5O2. The number of benzene rings is 3. The summed E-state index contributed by atoms with van der Waals surface area (Å²) >= 11 is 3.31. The number of nitrogens with zero attached hydrogens (tertiary/aromatic N) is 3. The zero-order chi connectivity index (χ0) is 23.9. The highest BCUT2D eigenvalue weighted by Gasteiger charge is 2.12. The second-order valence-corrected chi connectivity index (χ2v) is 8.12. The summed E-state index contributed by atoms with van der Waals surface area (Å²) in [5, 5.41) is 11.2. The summed E-state index contributed by atoms with van der Waals surface area (Å²) in [5.74, 6) is -1.21. The Morgan fingerprint density at radius 3 is 2.53 bits per heavy atom. The maximum Gasteiger partial charge on any atom is 0.259 e. The number of hydrazone groups is 1. The highest BCUT2D eigenvalue weighted by molar-refractivity contribution is 9.10. The van der Waals surface area contributed by atoms with Crippen molar-refractivity contribution in [1.29, 1.82) is 0 Å². The van der Waals surface area contributed by atoms with Gasteiger partial charge in [0.1, 0.15) is 11.5 Å². The lowest BCUT2D eigenvalue weighted by atomic mass is 10.1. The van der Waals surface area contributed by atoms with Gasteiger partial charge in [0, 0.05) is 27.4 Å². The minimum Gasteiger partial charge on any atom is -0.343 e. The van der Waals surface area contributed by atoms with Crippen LogP contribution in [0.25, 0.3) is 16.9 Å². The van der Waals surface area contributed by atoms with Crippen LogP contribution in [-0.4, -0.2) is 34.4 Å². The van der Waals surface area contributed by atoms with Gasteiger partial charge < -0.3 is 5.32 Å². The summed E-state index contributed by atoms with van der Waals surface area (Å²) in [6.45, 7) is -0.239. The smallest absolute Gasteiger partial charge is 0.259 e. The van der Waals surface area contributed by atoms with E-state index < -0.39 is 5.91 Å². The summed E-state index contributed by atoms with van der Waals surface area (Å²) < 4.78 is 15.8. The Morgan fingerprint density at radius 1 is 1.03 bits per heavy atom. The maximum atomic E-state index is 13.4. The molecule has 0 saturated heterocycles. The second-order valence-electron chi connectivity index (χ2n) is 7.21. The first-order valence-corrected chi connectivity index (χ1v) is 11.1. The number of hydrogen-bond acceptors (Lipinski definition) is 4. The fourth-order valence-corrected chi connectivity index (χ4v) is 3.53. The molecule has 0 fully saturated rings. The van der Waals surface area contributed by atoms with Gasteiger partial charge in [-0.15, -0.1) is 0 Å². The molecule has 1 aromatic heterocycles. The molecule has 34 heavy (non-hydrogen) atoms. The molecule has 7 nitrogen and oxygen atoms in total. The normalized spacial score (nSPS) is 10.9. The first-order chi connectivity index (χ1) is 16.5. The SMILES string of the molecule is O=C(CNC(=O)c1cccc(Br)c1)N/N=C\c1cn(-c2ccccc2)nc1-c1ccc(F)cc1. The van der Waals surface area contributed by atoms with E-state index in [1.807, 2.05) is 30.3 Å². The Balaban J connectivity index is 1.46. The molecule has 0 atom stereocenters. The third-order valence-electron chi connectivity index (χ3n) is 4.77. The number of halogens is 2. The molecule has 0 saturated carbocycles. The molecule has 0 unspecified atom stereocenters. The topological polar surface area (TPSA) is 88.4 Å². The molecule has 4 aromatic rings. The summed E-state index contributed by atoms with van der Waals surface area (Å²) in [6.07, 6.45) is 3.22. The van der Waals surface area contributed by atoms with Gasteiger partial charge in [-0.2, -0.15) is 10.2 Å². The number of para-hydroxylation sites is 1. The molecule has 4 rings (SSSR count). The number of aromatic nitrogens is 2. The van der Waals surface area contributed by atoms with Gasteiger partial charge >= 0.3 is 0 Å². The lowest BCUT2D eigenvalue weighted by Gasteiger charge is -2.04. The van der Waals surface area contributed by atoms with Crippen LogP contribution >= 0.6 is 15.9 Å². The van der Waals surface area contributed by atoms with Crippen molar-refractivity contribution in [3.8, 4) is 16.9 Å². The molecule has 0 aliphatic rings. The van der Waals surface area contributed by atoms with Gasteiger partial charge in [-0.1, -0.05) is 40.2 Å².